The molecule has 2 saturated heterocycles. The minimum absolute atomic E-state index is 0.0377. The summed E-state index contributed by atoms with van der Waals surface area (Å²) in [5.74, 6) is 1.75. The zero-order chi connectivity index (χ0) is 23.1. The molecule has 0 radical (unpaired) electrons. The SMILES string of the molecule is Cc1nc2c(s1)[C@]1(CCC2)CNCC1C(=O)N1CC[C@@H](c2ccccc2)C[C@H]1C1CCCCC1. The molecule has 1 N–H and O–H groups in total. The van der Waals surface area contributed by atoms with Crippen LogP contribution >= 0.6 is 11.3 Å². The largest absolute Gasteiger partial charge is 0.339 e. The Balaban J connectivity index is 1.30. The van der Waals surface area contributed by atoms with Gasteiger partial charge in [0.05, 0.1) is 16.6 Å². The maximum atomic E-state index is 14.5. The number of hydrogen-bond donors (Lipinski definition) is 1. The number of fused-ring (bicyclic) bond motifs is 2. The van der Waals surface area contributed by atoms with E-state index in [1.165, 1.54) is 48.2 Å². The number of benzene rings is 1. The summed E-state index contributed by atoms with van der Waals surface area (Å²) < 4.78 is 0. The second-order valence-electron chi connectivity index (χ2n) is 11.3. The van der Waals surface area contributed by atoms with Crippen LogP contribution in [0.15, 0.2) is 30.3 Å². The van der Waals surface area contributed by atoms with Crippen molar-refractivity contribution in [3.63, 3.8) is 0 Å². The molecule has 1 aromatic heterocycles. The summed E-state index contributed by atoms with van der Waals surface area (Å²) >= 11 is 1.86. The number of nitrogens with zero attached hydrogens (tertiary/aromatic N) is 2. The highest BCUT2D eigenvalue weighted by molar-refractivity contribution is 7.11. The van der Waals surface area contributed by atoms with E-state index in [-0.39, 0.29) is 11.3 Å². The van der Waals surface area contributed by atoms with Crippen LogP contribution in [0.4, 0.5) is 0 Å². The monoisotopic (exact) mass is 477 g/mol. The summed E-state index contributed by atoms with van der Waals surface area (Å²) in [7, 11) is 0. The first kappa shape index (κ1) is 22.7. The third kappa shape index (κ3) is 3.93. The van der Waals surface area contributed by atoms with Gasteiger partial charge in [-0.15, -0.1) is 11.3 Å². The molecule has 1 amide bonds. The van der Waals surface area contributed by atoms with Gasteiger partial charge in [-0.2, -0.15) is 0 Å². The number of likely N-dealkylation sites (tertiary alicyclic amines) is 1. The van der Waals surface area contributed by atoms with E-state index in [2.05, 4.69) is 47.5 Å². The van der Waals surface area contributed by atoms with Gasteiger partial charge in [0.2, 0.25) is 5.91 Å². The van der Waals surface area contributed by atoms with Gasteiger partial charge in [0, 0.05) is 36.0 Å². The van der Waals surface area contributed by atoms with Crippen LogP contribution in [-0.4, -0.2) is 41.5 Å². The third-order valence-electron chi connectivity index (χ3n) is 9.44. The summed E-state index contributed by atoms with van der Waals surface area (Å²) in [5, 5.41) is 4.82. The van der Waals surface area contributed by atoms with E-state index in [0.717, 1.165) is 56.7 Å². The standard InChI is InChI=1S/C29H39N3OS/c1-20-31-25-13-8-15-29(27(25)34-20)19-30-18-24(29)28(33)32-16-14-23(21-9-4-2-5-10-21)17-26(32)22-11-6-3-7-12-22/h2,4-5,9-10,22-24,26,30H,3,6-8,11-19H2,1H3/t23-,24?,26+,29-/m1/s1. The number of amides is 1. The number of thiazole rings is 1. The van der Waals surface area contributed by atoms with Crippen molar-refractivity contribution in [2.45, 2.75) is 88.5 Å². The van der Waals surface area contributed by atoms with Crippen LogP contribution in [0.1, 0.15) is 84.8 Å². The third-order valence-corrected chi connectivity index (χ3v) is 10.7. The van der Waals surface area contributed by atoms with Crippen molar-refractivity contribution < 1.29 is 4.79 Å². The Labute approximate surface area is 208 Å². The molecule has 6 rings (SSSR count). The van der Waals surface area contributed by atoms with Gasteiger partial charge in [0.15, 0.2) is 0 Å². The first-order valence-corrected chi connectivity index (χ1v) is 14.5. The van der Waals surface area contributed by atoms with E-state index in [1.807, 2.05) is 11.3 Å². The molecule has 2 aliphatic heterocycles. The van der Waals surface area contributed by atoms with Crippen LogP contribution in [0.25, 0.3) is 0 Å². The molecule has 0 bridgehead atoms. The normalized spacial score (nSPS) is 32.1. The van der Waals surface area contributed by atoms with Crippen LogP contribution in [-0.2, 0) is 16.6 Å². The number of carbonyl (C=O) groups is 1. The van der Waals surface area contributed by atoms with Crippen LogP contribution in [0.5, 0.6) is 0 Å². The van der Waals surface area contributed by atoms with Crippen molar-refractivity contribution in [1.82, 2.24) is 15.2 Å². The van der Waals surface area contributed by atoms with E-state index in [9.17, 15) is 4.79 Å². The lowest BCUT2D eigenvalue weighted by Crippen LogP contribution is -2.55. The number of rotatable bonds is 3. The van der Waals surface area contributed by atoms with E-state index >= 15 is 0 Å². The molecule has 1 aromatic carbocycles. The van der Waals surface area contributed by atoms with Crippen molar-refractivity contribution in [2.75, 3.05) is 19.6 Å². The minimum Gasteiger partial charge on any atom is -0.339 e. The average Bonchev–Trinajstić information content (AvgIpc) is 3.48. The smallest absolute Gasteiger partial charge is 0.228 e. The van der Waals surface area contributed by atoms with Crippen molar-refractivity contribution in [2.24, 2.45) is 11.8 Å². The van der Waals surface area contributed by atoms with Crippen LogP contribution in [0, 0.1) is 18.8 Å². The van der Waals surface area contributed by atoms with Gasteiger partial charge in [-0.3, -0.25) is 4.79 Å². The van der Waals surface area contributed by atoms with Gasteiger partial charge in [0.1, 0.15) is 0 Å². The highest BCUT2D eigenvalue weighted by Gasteiger charge is 2.53. The van der Waals surface area contributed by atoms with Crippen molar-refractivity contribution >= 4 is 17.2 Å². The zero-order valence-corrected chi connectivity index (χ0v) is 21.4. The predicted molar refractivity (Wildman–Crippen MR) is 138 cm³/mol. The fraction of sp³-hybridized carbons (Fsp3) is 0.655. The number of aromatic nitrogens is 1. The molecular formula is C29H39N3OS. The van der Waals surface area contributed by atoms with Crippen molar-refractivity contribution in [3.8, 4) is 0 Å². The quantitative estimate of drug-likeness (QED) is 0.626. The van der Waals surface area contributed by atoms with Gasteiger partial charge in [-0.25, -0.2) is 4.98 Å². The lowest BCUT2D eigenvalue weighted by Gasteiger charge is -2.47. The Kier molecular flexibility index (Phi) is 6.27. The summed E-state index contributed by atoms with van der Waals surface area (Å²) in [6.45, 7) is 4.81. The van der Waals surface area contributed by atoms with Gasteiger partial charge >= 0.3 is 0 Å². The maximum Gasteiger partial charge on any atom is 0.228 e. The van der Waals surface area contributed by atoms with Gasteiger partial charge in [0.25, 0.3) is 0 Å². The molecule has 1 saturated carbocycles. The van der Waals surface area contributed by atoms with E-state index in [1.54, 1.807) is 0 Å². The molecule has 2 aliphatic carbocycles. The Bertz CT molecular complexity index is 1010. The second-order valence-corrected chi connectivity index (χ2v) is 12.5. The Morgan fingerprint density at radius 3 is 2.76 bits per heavy atom. The van der Waals surface area contributed by atoms with Gasteiger partial charge < -0.3 is 10.2 Å². The van der Waals surface area contributed by atoms with Gasteiger partial charge in [-0.1, -0.05) is 49.6 Å². The number of nitrogens with one attached hydrogen (secondary N) is 1. The van der Waals surface area contributed by atoms with E-state index < -0.39 is 0 Å². The molecule has 4 aliphatic rings. The summed E-state index contributed by atoms with van der Waals surface area (Å²) in [6.07, 6.45) is 12.2. The second kappa shape index (κ2) is 9.39. The molecular weight excluding hydrogens is 438 g/mol. The predicted octanol–water partition coefficient (Wildman–Crippen LogP) is 5.60. The van der Waals surface area contributed by atoms with Crippen molar-refractivity contribution in [3.05, 3.63) is 51.5 Å². The van der Waals surface area contributed by atoms with Crippen LogP contribution in [0.3, 0.4) is 0 Å². The maximum absolute atomic E-state index is 14.5. The average molecular weight is 478 g/mol. The number of piperidine rings is 1. The fourth-order valence-electron chi connectivity index (χ4n) is 7.76. The summed E-state index contributed by atoms with van der Waals surface area (Å²) in [5.41, 5.74) is 2.71. The topological polar surface area (TPSA) is 45.2 Å². The zero-order valence-electron chi connectivity index (χ0n) is 20.6. The van der Waals surface area contributed by atoms with E-state index in [0.29, 0.717) is 23.8 Å². The highest BCUT2D eigenvalue weighted by atomic mass is 32.1. The molecule has 3 fully saturated rings. The molecule has 1 spiro atoms. The molecule has 1 unspecified atom stereocenters. The Hall–Kier alpha value is -1.72. The number of aryl methyl sites for hydroxylation is 2. The molecule has 4 atom stereocenters. The van der Waals surface area contributed by atoms with Crippen LogP contribution < -0.4 is 5.32 Å². The lowest BCUT2D eigenvalue weighted by molar-refractivity contribution is -0.143. The van der Waals surface area contributed by atoms with E-state index in [4.69, 9.17) is 4.98 Å². The molecule has 182 valence electrons. The highest BCUT2D eigenvalue weighted by Crippen LogP contribution is 2.49. The molecule has 34 heavy (non-hydrogen) atoms. The number of hydrogen-bond acceptors (Lipinski definition) is 4. The fourth-order valence-corrected chi connectivity index (χ4v) is 9.00. The first-order chi connectivity index (χ1) is 16.7. The van der Waals surface area contributed by atoms with Crippen LogP contribution in [0.2, 0.25) is 0 Å². The Morgan fingerprint density at radius 1 is 1.12 bits per heavy atom. The molecule has 2 aromatic rings. The first-order valence-electron chi connectivity index (χ1n) is 13.7. The molecule has 3 heterocycles. The van der Waals surface area contributed by atoms with Crippen molar-refractivity contribution in [1.29, 1.82) is 0 Å². The summed E-state index contributed by atoms with van der Waals surface area (Å²) in [6, 6.07) is 11.5. The van der Waals surface area contributed by atoms with Gasteiger partial charge in [-0.05, 0) is 69.3 Å². The minimum atomic E-state index is -0.0377. The molecule has 4 nitrogen and oxygen atoms in total. The summed E-state index contributed by atoms with van der Waals surface area (Å²) in [4.78, 5) is 23.1. The molecule has 5 heteroatoms. The number of carbonyl (C=O) groups excluding carboxylic acids is 1. The Morgan fingerprint density at radius 2 is 1.94 bits per heavy atom. The lowest BCUT2D eigenvalue weighted by atomic mass is 9.68.